The van der Waals surface area contributed by atoms with Gasteiger partial charge in [-0.3, -0.25) is 4.18 Å². The Morgan fingerprint density at radius 2 is 2.00 bits per heavy atom. The maximum Gasteiger partial charge on any atom is 0.399 e. The van der Waals surface area contributed by atoms with E-state index in [1.165, 1.54) is 0 Å². The first-order valence-electron chi connectivity index (χ1n) is 2.79. The van der Waals surface area contributed by atoms with Gasteiger partial charge in [0.2, 0.25) is 0 Å². The van der Waals surface area contributed by atoms with Crippen LogP contribution in [0.4, 0.5) is 0 Å². The van der Waals surface area contributed by atoms with Gasteiger partial charge in [0, 0.05) is 6.42 Å². The fraction of sp³-hybridized carbons (Fsp3) is 1.00. The van der Waals surface area contributed by atoms with Crippen molar-refractivity contribution < 1.29 is 27.0 Å². The fourth-order valence-corrected chi connectivity index (χ4v) is 0.700. The van der Waals surface area contributed by atoms with Crippen LogP contribution in [-0.2, 0) is 18.8 Å². The number of hydrogen-bond acceptors (Lipinski definition) is 6. The minimum Gasteiger partial charge on any atom is -0.368 e. The predicted molar refractivity (Wildman–Crippen MR) is 34.7 cm³/mol. The monoisotopic (exact) mass is 186 g/mol. The standard InChI is InChI=1S/C4H10O6S/c1-9-11(7,8)10-3-2-4(5)6/h4-6H,2-3H2,1H3. The lowest BCUT2D eigenvalue weighted by atomic mass is 10.5. The van der Waals surface area contributed by atoms with Crippen molar-refractivity contribution in [3.05, 3.63) is 0 Å². The maximum absolute atomic E-state index is 10.4. The van der Waals surface area contributed by atoms with Crippen LogP contribution >= 0.6 is 0 Å². The molecule has 6 nitrogen and oxygen atoms in total. The van der Waals surface area contributed by atoms with Gasteiger partial charge in [-0.15, -0.1) is 0 Å². The summed E-state index contributed by atoms with van der Waals surface area (Å²) in [5.41, 5.74) is 0. The van der Waals surface area contributed by atoms with Gasteiger partial charge in [-0.1, -0.05) is 0 Å². The number of aliphatic hydroxyl groups excluding tert-OH is 1. The average Bonchev–Trinajstić information content (AvgIpc) is 1.87. The van der Waals surface area contributed by atoms with Crippen molar-refractivity contribution in [1.82, 2.24) is 0 Å². The van der Waals surface area contributed by atoms with Gasteiger partial charge in [-0.2, -0.15) is 8.42 Å². The zero-order valence-electron chi connectivity index (χ0n) is 5.93. The van der Waals surface area contributed by atoms with Crippen molar-refractivity contribution in [3.63, 3.8) is 0 Å². The van der Waals surface area contributed by atoms with Crippen LogP contribution in [-0.4, -0.2) is 38.6 Å². The van der Waals surface area contributed by atoms with Crippen LogP contribution in [0.15, 0.2) is 0 Å². The van der Waals surface area contributed by atoms with Gasteiger partial charge in [-0.25, -0.2) is 4.18 Å². The van der Waals surface area contributed by atoms with E-state index in [0.29, 0.717) is 0 Å². The molecule has 0 bridgehead atoms. The highest BCUT2D eigenvalue weighted by Gasteiger charge is 2.08. The highest BCUT2D eigenvalue weighted by Crippen LogP contribution is 1.95. The maximum atomic E-state index is 10.4. The van der Waals surface area contributed by atoms with Crippen molar-refractivity contribution in [3.8, 4) is 0 Å². The van der Waals surface area contributed by atoms with Crippen LogP contribution in [0, 0.1) is 0 Å². The highest BCUT2D eigenvalue weighted by molar-refractivity contribution is 7.81. The van der Waals surface area contributed by atoms with Crippen LogP contribution in [0.2, 0.25) is 0 Å². The highest BCUT2D eigenvalue weighted by atomic mass is 32.3. The first kappa shape index (κ1) is 10.8. The van der Waals surface area contributed by atoms with E-state index >= 15 is 0 Å². The minimum absolute atomic E-state index is 0.178. The molecule has 0 spiro atoms. The second kappa shape index (κ2) is 4.62. The Morgan fingerprint density at radius 3 is 2.36 bits per heavy atom. The van der Waals surface area contributed by atoms with Gasteiger partial charge < -0.3 is 10.2 Å². The number of rotatable bonds is 5. The van der Waals surface area contributed by atoms with E-state index in [9.17, 15) is 8.42 Å². The molecular formula is C4H10O6S. The summed E-state index contributed by atoms with van der Waals surface area (Å²) in [6.07, 6.45) is -1.75. The zero-order chi connectivity index (χ0) is 8.91. The van der Waals surface area contributed by atoms with Crippen LogP contribution < -0.4 is 0 Å². The summed E-state index contributed by atoms with van der Waals surface area (Å²) >= 11 is 0. The van der Waals surface area contributed by atoms with Gasteiger partial charge in [0.1, 0.15) is 0 Å². The Labute approximate surface area is 64.7 Å². The Morgan fingerprint density at radius 1 is 1.45 bits per heavy atom. The SMILES string of the molecule is COS(=O)(=O)OCCC(O)O. The molecule has 2 N–H and O–H groups in total. The van der Waals surface area contributed by atoms with E-state index in [-0.39, 0.29) is 13.0 Å². The third-order valence-electron chi connectivity index (χ3n) is 0.808. The second-order valence-electron chi connectivity index (χ2n) is 1.67. The van der Waals surface area contributed by atoms with E-state index in [1.807, 2.05) is 0 Å². The van der Waals surface area contributed by atoms with Gasteiger partial charge >= 0.3 is 10.4 Å². The smallest absolute Gasteiger partial charge is 0.368 e. The minimum atomic E-state index is -3.94. The molecule has 0 radical (unpaired) electrons. The fourth-order valence-electron chi connectivity index (χ4n) is 0.304. The molecule has 0 atom stereocenters. The van der Waals surface area contributed by atoms with Crippen molar-refractivity contribution in [2.45, 2.75) is 12.7 Å². The van der Waals surface area contributed by atoms with Crippen LogP contribution in [0.5, 0.6) is 0 Å². The molecule has 0 aromatic rings. The quantitative estimate of drug-likeness (QED) is 0.513. The van der Waals surface area contributed by atoms with E-state index in [2.05, 4.69) is 8.37 Å². The van der Waals surface area contributed by atoms with Crippen LogP contribution in [0.3, 0.4) is 0 Å². The lowest BCUT2D eigenvalue weighted by Crippen LogP contribution is -2.13. The molecule has 0 unspecified atom stereocenters. The molecule has 11 heavy (non-hydrogen) atoms. The van der Waals surface area contributed by atoms with E-state index in [4.69, 9.17) is 10.2 Å². The first-order chi connectivity index (χ1) is 4.98. The molecule has 0 heterocycles. The molecule has 7 heteroatoms. The summed E-state index contributed by atoms with van der Waals surface area (Å²) in [5.74, 6) is 0. The summed E-state index contributed by atoms with van der Waals surface area (Å²) in [6.45, 7) is -0.312. The Balaban J connectivity index is 3.55. The first-order valence-corrected chi connectivity index (χ1v) is 4.12. The van der Waals surface area contributed by atoms with Crippen molar-refractivity contribution in [2.75, 3.05) is 13.7 Å². The van der Waals surface area contributed by atoms with E-state index in [1.54, 1.807) is 0 Å². The summed E-state index contributed by atoms with van der Waals surface area (Å²) in [5, 5.41) is 16.5. The number of aliphatic hydroxyl groups is 2. The Kier molecular flexibility index (Phi) is 4.54. The second-order valence-corrected chi connectivity index (χ2v) is 3.05. The van der Waals surface area contributed by atoms with Gasteiger partial charge in [0.25, 0.3) is 0 Å². The molecule has 0 aromatic carbocycles. The van der Waals surface area contributed by atoms with Crippen molar-refractivity contribution in [2.24, 2.45) is 0 Å². The molecule has 0 aliphatic carbocycles. The molecule has 0 rings (SSSR count). The van der Waals surface area contributed by atoms with Crippen LogP contribution in [0.1, 0.15) is 6.42 Å². The largest absolute Gasteiger partial charge is 0.399 e. The van der Waals surface area contributed by atoms with E-state index in [0.717, 1.165) is 7.11 Å². The topological polar surface area (TPSA) is 93.1 Å². The zero-order valence-corrected chi connectivity index (χ0v) is 6.74. The predicted octanol–water partition coefficient (Wildman–Crippen LogP) is -1.41. The van der Waals surface area contributed by atoms with Gasteiger partial charge in [0.15, 0.2) is 6.29 Å². The molecular weight excluding hydrogens is 176 g/mol. The molecule has 0 fully saturated rings. The normalized spacial score (nSPS) is 12.4. The summed E-state index contributed by atoms with van der Waals surface area (Å²) in [6, 6.07) is 0. The molecule has 0 saturated carbocycles. The molecule has 0 amide bonds. The Bertz CT molecular complexity index is 183. The Hall–Kier alpha value is -0.210. The van der Waals surface area contributed by atoms with Crippen molar-refractivity contribution >= 4 is 10.4 Å². The summed E-state index contributed by atoms with van der Waals surface area (Å²) in [7, 11) is -2.99. The summed E-state index contributed by atoms with van der Waals surface area (Å²) < 4.78 is 28.8. The third-order valence-corrected chi connectivity index (χ3v) is 1.67. The third kappa shape index (κ3) is 6.20. The molecule has 68 valence electrons. The molecule has 0 aromatic heterocycles. The van der Waals surface area contributed by atoms with Gasteiger partial charge in [-0.05, 0) is 0 Å². The van der Waals surface area contributed by atoms with Crippen molar-refractivity contribution in [1.29, 1.82) is 0 Å². The lowest BCUT2D eigenvalue weighted by Gasteiger charge is -2.03. The molecule has 0 aliphatic rings. The molecule has 0 aliphatic heterocycles. The number of hydrogen-bond donors (Lipinski definition) is 2. The van der Waals surface area contributed by atoms with E-state index < -0.39 is 16.7 Å². The van der Waals surface area contributed by atoms with Crippen LogP contribution in [0.25, 0.3) is 0 Å². The van der Waals surface area contributed by atoms with Gasteiger partial charge in [0.05, 0.1) is 13.7 Å². The summed E-state index contributed by atoms with van der Waals surface area (Å²) in [4.78, 5) is 0. The average molecular weight is 186 g/mol. The molecule has 0 saturated heterocycles. The lowest BCUT2D eigenvalue weighted by molar-refractivity contribution is -0.0521.